The van der Waals surface area contributed by atoms with Crippen molar-refractivity contribution in [2.45, 2.75) is 57.1 Å². The number of nitrogens with one attached hydrogen (secondary N) is 2. The number of rotatable bonds is 9. The fourth-order valence-electron chi connectivity index (χ4n) is 4.99. The zero-order chi connectivity index (χ0) is 33.1. The minimum Gasteiger partial charge on any atom is -0.468 e. The highest BCUT2D eigenvalue weighted by molar-refractivity contribution is 7.15. The highest BCUT2D eigenvalue weighted by atomic mass is 32.1. The van der Waals surface area contributed by atoms with Crippen LogP contribution in [0.3, 0.4) is 0 Å². The zero-order valence-electron chi connectivity index (χ0n) is 24.2. The Kier molecular flexibility index (Phi) is 9.49. The largest absolute Gasteiger partial charge is 0.468 e. The van der Waals surface area contributed by atoms with Crippen LogP contribution in [0.15, 0.2) is 55.0 Å². The van der Waals surface area contributed by atoms with Gasteiger partial charge in [-0.2, -0.15) is 26.3 Å². The Morgan fingerprint density at radius 2 is 1.80 bits per heavy atom. The van der Waals surface area contributed by atoms with Gasteiger partial charge in [0.05, 0.1) is 4.88 Å². The van der Waals surface area contributed by atoms with Crippen molar-refractivity contribution in [3.63, 3.8) is 0 Å². The molecule has 3 aromatic heterocycles. The molecule has 0 bridgehead atoms. The highest BCUT2D eigenvalue weighted by Gasteiger charge is 2.39. The highest BCUT2D eigenvalue weighted by Crippen LogP contribution is 2.43. The molecule has 1 aliphatic rings. The molecule has 1 aromatic carbocycles. The van der Waals surface area contributed by atoms with E-state index in [4.69, 9.17) is 0 Å². The van der Waals surface area contributed by atoms with E-state index in [-0.39, 0.29) is 30.2 Å². The average molecular weight is 667 g/mol. The molecule has 4 aromatic rings. The number of aliphatic hydroxyl groups is 1. The van der Waals surface area contributed by atoms with Crippen molar-refractivity contribution in [1.29, 1.82) is 0 Å². The SMILES string of the molecule is Cc1cc(Nc2nccc(C(F)(F)F)n2)cc(-c2cnc(C3(O)CCC(C(=O)NCc4ccc(OCC(F)(F)F)nc4)CC3)s2)c1. The van der Waals surface area contributed by atoms with Gasteiger partial charge in [0.2, 0.25) is 17.7 Å². The number of amides is 1. The molecule has 1 fully saturated rings. The lowest BCUT2D eigenvalue weighted by Gasteiger charge is -2.33. The first kappa shape index (κ1) is 33.1. The third kappa shape index (κ3) is 8.48. The number of halogens is 6. The Morgan fingerprint density at radius 1 is 1.04 bits per heavy atom. The normalized spacial score (nSPS) is 18.7. The van der Waals surface area contributed by atoms with Gasteiger partial charge in [-0.1, -0.05) is 12.1 Å². The minimum absolute atomic E-state index is 0.134. The molecule has 0 radical (unpaired) electrons. The van der Waals surface area contributed by atoms with Crippen molar-refractivity contribution in [3.05, 3.63) is 76.8 Å². The van der Waals surface area contributed by atoms with Crippen LogP contribution in [0.5, 0.6) is 5.88 Å². The molecule has 46 heavy (non-hydrogen) atoms. The zero-order valence-corrected chi connectivity index (χ0v) is 25.1. The van der Waals surface area contributed by atoms with E-state index in [2.05, 4.69) is 35.3 Å². The molecule has 5 rings (SSSR count). The van der Waals surface area contributed by atoms with Gasteiger partial charge in [0.1, 0.15) is 16.3 Å². The number of carbonyl (C=O) groups excluding carboxylic acids is 1. The summed E-state index contributed by atoms with van der Waals surface area (Å²) in [6.07, 6.45) is -3.65. The quantitative estimate of drug-likeness (QED) is 0.169. The Labute approximate surface area is 263 Å². The Hall–Kier alpha value is -4.31. The number of anilines is 2. The van der Waals surface area contributed by atoms with Gasteiger partial charge in [-0.05, 0) is 67.5 Å². The number of pyridine rings is 1. The van der Waals surface area contributed by atoms with E-state index in [9.17, 15) is 36.2 Å². The smallest absolute Gasteiger partial charge is 0.433 e. The molecule has 244 valence electrons. The number of hydrogen-bond donors (Lipinski definition) is 3. The number of thiazole rings is 1. The van der Waals surface area contributed by atoms with Crippen LogP contribution in [-0.2, 0) is 23.1 Å². The summed E-state index contributed by atoms with van der Waals surface area (Å²) in [5.74, 6) is -0.918. The molecular weight excluding hydrogens is 638 g/mol. The Balaban J connectivity index is 1.17. The summed E-state index contributed by atoms with van der Waals surface area (Å²) in [6.45, 7) is 0.524. The van der Waals surface area contributed by atoms with Gasteiger partial charge >= 0.3 is 12.4 Å². The number of carbonyl (C=O) groups is 1. The van der Waals surface area contributed by atoms with Crippen LogP contribution in [0.4, 0.5) is 38.0 Å². The first-order valence-electron chi connectivity index (χ1n) is 14.1. The van der Waals surface area contributed by atoms with Crippen molar-refractivity contribution in [2.75, 3.05) is 11.9 Å². The molecule has 3 N–H and O–H groups in total. The maximum Gasteiger partial charge on any atom is 0.433 e. The molecule has 1 aliphatic carbocycles. The standard InChI is InChI=1S/C30H28F6N6O3S/c1-17-10-20(12-21(11-17)41-27-37-9-6-23(42-27)30(34,35)36)22-15-40-26(46-22)28(44)7-4-19(5-8-28)25(43)39-14-18-2-3-24(38-13-18)45-16-29(31,32)33/h2-3,6,9-13,15,19,44H,4-5,7-8,14,16H2,1H3,(H,39,43)(H,37,41,42). The van der Waals surface area contributed by atoms with Crippen LogP contribution in [0.2, 0.25) is 0 Å². The predicted molar refractivity (Wildman–Crippen MR) is 156 cm³/mol. The maximum absolute atomic E-state index is 13.1. The van der Waals surface area contributed by atoms with E-state index in [0.29, 0.717) is 41.9 Å². The molecule has 16 heteroatoms. The van der Waals surface area contributed by atoms with Crippen molar-refractivity contribution >= 4 is 28.9 Å². The van der Waals surface area contributed by atoms with Crippen molar-refractivity contribution in [3.8, 4) is 16.3 Å². The monoisotopic (exact) mass is 666 g/mol. The second-order valence-corrected chi connectivity index (χ2v) is 12.0. The molecule has 1 amide bonds. The summed E-state index contributed by atoms with van der Waals surface area (Å²) in [7, 11) is 0. The van der Waals surface area contributed by atoms with Gasteiger partial charge in [0.25, 0.3) is 0 Å². The second kappa shape index (κ2) is 13.2. The van der Waals surface area contributed by atoms with Crippen LogP contribution in [0, 0.1) is 12.8 Å². The van der Waals surface area contributed by atoms with Crippen LogP contribution in [0.1, 0.15) is 47.5 Å². The van der Waals surface area contributed by atoms with Crippen molar-refractivity contribution in [2.24, 2.45) is 5.92 Å². The fraction of sp³-hybridized carbons (Fsp3) is 0.367. The van der Waals surface area contributed by atoms with Crippen molar-refractivity contribution < 1.29 is 41.0 Å². The van der Waals surface area contributed by atoms with E-state index < -0.39 is 30.3 Å². The maximum atomic E-state index is 13.1. The first-order valence-corrected chi connectivity index (χ1v) is 14.9. The summed E-state index contributed by atoms with van der Waals surface area (Å²) >= 11 is 1.29. The number of aromatic nitrogens is 4. The summed E-state index contributed by atoms with van der Waals surface area (Å²) < 4.78 is 80.7. The number of benzene rings is 1. The summed E-state index contributed by atoms with van der Waals surface area (Å²) in [5.41, 5.74) is 0.349. The van der Waals surface area contributed by atoms with Gasteiger partial charge in [0.15, 0.2) is 6.61 Å². The van der Waals surface area contributed by atoms with Gasteiger partial charge in [-0.3, -0.25) is 4.79 Å². The van der Waals surface area contributed by atoms with E-state index in [1.165, 1.54) is 29.7 Å². The van der Waals surface area contributed by atoms with Crippen LogP contribution >= 0.6 is 11.3 Å². The molecule has 0 saturated heterocycles. The molecular formula is C30H28F6N6O3S. The molecule has 0 aliphatic heterocycles. The summed E-state index contributed by atoms with van der Waals surface area (Å²) in [4.78, 5) is 29.3. The molecule has 0 atom stereocenters. The third-order valence-corrected chi connectivity index (χ3v) is 8.54. The van der Waals surface area contributed by atoms with Gasteiger partial charge in [0, 0.05) is 42.8 Å². The molecule has 3 heterocycles. The molecule has 1 saturated carbocycles. The third-order valence-electron chi connectivity index (χ3n) is 7.30. The fourth-order valence-corrected chi connectivity index (χ4v) is 6.04. The predicted octanol–water partition coefficient (Wildman–Crippen LogP) is 6.70. The lowest BCUT2D eigenvalue weighted by Crippen LogP contribution is -2.38. The van der Waals surface area contributed by atoms with Crippen LogP contribution in [0.25, 0.3) is 10.4 Å². The summed E-state index contributed by atoms with van der Waals surface area (Å²) in [6, 6.07) is 8.98. The van der Waals surface area contributed by atoms with E-state index in [1.54, 1.807) is 18.3 Å². The lowest BCUT2D eigenvalue weighted by molar-refractivity contribution is -0.154. The van der Waals surface area contributed by atoms with Gasteiger partial charge in [-0.25, -0.2) is 19.9 Å². The molecule has 0 unspecified atom stereocenters. The number of alkyl halides is 6. The minimum atomic E-state index is -4.60. The van der Waals surface area contributed by atoms with Gasteiger partial charge in [-0.15, -0.1) is 11.3 Å². The first-order chi connectivity index (χ1) is 21.7. The molecule has 9 nitrogen and oxygen atoms in total. The second-order valence-electron chi connectivity index (χ2n) is 10.9. The van der Waals surface area contributed by atoms with Crippen LogP contribution < -0.4 is 15.4 Å². The lowest BCUT2D eigenvalue weighted by atomic mass is 9.78. The van der Waals surface area contributed by atoms with Crippen LogP contribution in [-0.4, -0.2) is 43.7 Å². The molecule has 0 spiro atoms. The number of nitrogens with zero attached hydrogens (tertiary/aromatic N) is 4. The van der Waals surface area contributed by atoms with Crippen molar-refractivity contribution in [1.82, 2.24) is 25.3 Å². The topological polar surface area (TPSA) is 122 Å². The number of ether oxygens (including phenoxy) is 1. The Morgan fingerprint density at radius 3 is 2.48 bits per heavy atom. The van der Waals surface area contributed by atoms with Gasteiger partial charge < -0.3 is 20.5 Å². The number of aryl methyl sites for hydroxylation is 1. The summed E-state index contributed by atoms with van der Waals surface area (Å²) in [5, 5.41) is 17.6. The number of hydrogen-bond acceptors (Lipinski definition) is 9. The van der Waals surface area contributed by atoms with E-state index >= 15 is 0 Å². The average Bonchev–Trinajstić information content (AvgIpc) is 3.51. The van der Waals surface area contributed by atoms with E-state index in [1.807, 2.05) is 13.0 Å². The Bertz CT molecular complexity index is 1670. The van der Waals surface area contributed by atoms with E-state index in [0.717, 1.165) is 28.3 Å².